The van der Waals surface area contributed by atoms with E-state index >= 15 is 0 Å². The van der Waals surface area contributed by atoms with Gasteiger partial charge in [0.15, 0.2) is 0 Å². The van der Waals surface area contributed by atoms with Crippen molar-refractivity contribution in [1.82, 2.24) is 0 Å². The van der Waals surface area contributed by atoms with Gasteiger partial charge in [-0.15, -0.1) is 0 Å². The van der Waals surface area contributed by atoms with Gasteiger partial charge in [-0.2, -0.15) is 0 Å². The molecule has 0 bridgehead atoms. The van der Waals surface area contributed by atoms with Crippen molar-refractivity contribution < 1.29 is 18.9 Å². The van der Waals surface area contributed by atoms with Crippen LogP contribution in [0.15, 0.2) is 54.6 Å². The van der Waals surface area contributed by atoms with E-state index in [9.17, 15) is 0 Å². The fourth-order valence-electron chi connectivity index (χ4n) is 5.06. The van der Waals surface area contributed by atoms with Gasteiger partial charge in [0, 0.05) is 55.4 Å². The molecular formula is C31H42N2O4. The number of ether oxygens (including phenoxy) is 4. The smallest absolute Gasteiger partial charge is 0.142 e. The number of hydrogen-bond donors (Lipinski definition) is 0. The highest BCUT2D eigenvalue weighted by Gasteiger charge is 2.28. The Morgan fingerprint density at radius 1 is 0.541 bits per heavy atom. The van der Waals surface area contributed by atoms with E-state index in [1.807, 2.05) is 6.07 Å². The van der Waals surface area contributed by atoms with Crippen molar-refractivity contribution in [1.29, 1.82) is 0 Å². The van der Waals surface area contributed by atoms with Crippen LogP contribution in [0.3, 0.4) is 0 Å². The maximum Gasteiger partial charge on any atom is 0.142 e. The van der Waals surface area contributed by atoms with E-state index < -0.39 is 0 Å². The molecule has 0 radical (unpaired) electrons. The lowest BCUT2D eigenvalue weighted by molar-refractivity contribution is 0.392. The van der Waals surface area contributed by atoms with Crippen molar-refractivity contribution in [3.63, 3.8) is 0 Å². The maximum absolute atomic E-state index is 6.01. The van der Waals surface area contributed by atoms with Gasteiger partial charge in [0.2, 0.25) is 0 Å². The number of methoxy groups -OCH3 is 4. The Bertz CT molecular complexity index is 1070. The molecule has 0 heterocycles. The third-order valence-corrected chi connectivity index (χ3v) is 7.03. The number of rotatable bonds is 13. The molecule has 0 aliphatic carbocycles. The molecule has 0 N–H and O–H groups in total. The summed E-state index contributed by atoms with van der Waals surface area (Å²) in [6.07, 6.45) is 0. The molecule has 0 saturated carbocycles. The van der Waals surface area contributed by atoms with Crippen LogP contribution in [0.1, 0.15) is 50.3 Å². The van der Waals surface area contributed by atoms with E-state index in [4.69, 9.17) is 18.9 Å². The van der Waals surface area contributed by atoms with Gasteiger partial charge in [0.1, 0.15) is 23.0 Å². The minimum absolute atomic E-state index is 0.176. The Morgan fingerprint density at radius 2 is 0.919 bits per heavy atom. The van der Waals surface area contributed by atoms with Gasteiger partial charge in [-0.3, -0.25) is 0 Å². The maximum atomic E-state index is 6.01. The molecule has 0 unspecified atom stereocenters. The predicted molar refractivity (Wildman–Crippen MR) is 154 cm³/mol. The summed E-state index contributed by atoms with van der Waals surface area (Å²) in [5, 5.41) is 0. The summed E-state index contributed by atoms with van der Waals surface area (Å²) < 4.78 is 23.9. The van der Waals surface area contributed by atoms with Gasteiger partial charge in [-0.1, -0.05) is 30.3 Å². The molecule has 3 aromatic rings. The molecule has 37 heavy (non-hydrogen) atoms. The van der Waals surface area contributed by atoms with E-state index in [0.29, 0.717) is 0 Å². The third-order valence-electron chi connectivity index (χ3n) is 7.03. The Balaban J connectivity index is 2.36. The minimum atomic E-state index is -0.176. The average Bonchev–Trinajstić information content (AvgIpc) is 2.95. The Hall–Kier alpha value is -3.54. The lowest BCUT2D eigenvalue weighted by atomic mass is 9.83. The number of benzene rings is 3. The third kappa shape index (κ3) is 5.74. The molecule has 200 valence electrons. The summed E-state index contributed by atoms with van der Waals surface area (Å²) in [7, 11) is 6.89. The first kappa shape index (κ1) is 28.0. The van der Waals surface area contributed by atoms with Gasteiger partial charge < -0.3 is 28.7 Å². The zero-order valence-electron chi connectivity index (χ0n) is 23.6. The first-order chi connectivity index (χ1) is 18.0. The Labute approximate surface area is 222 Å². The molecule has 0 saturated heterocycles. The van der Waals surface area contributed by atoms with Crippen LogP contribution in [0, 0.1) is 0 Å². The fraction of sp³-hybridized carbons (Fsp3) is 0.419. The van der Waals surface area contributed by atoms with E-state index in [-0.39, 0.29) is 5.92 Å². The first-order valence-electron chi connectivity index (χ1n) is 13.1. The number of nitrogens with zero attached hydrogens (tertiary/aromatic N) is 2. The van der Waals surface area contributed by atoms with Crippen LogP contribution < -0.4 is 28.7 Å². The topological polar surface area (TPSA) is 43.4 Å². The summed E-state index contributed by atoms with van der Waals surface area (Å²) in [6.45, 7) is 12.1. The quantitative estimate of drug-likeness (QED) is 0.244. The van der Waals surface area contributed by atoms with Crippen molar-refractivity contribution >= 4 is 11.4 Å². The highest BCUT2D eigenvalue weighted by atomic mass is 16.5. The van der Waals surface area contributed by atoms with Crippen LogP contribution in [-0.2, 0) is 0 Å². The van der Waals surface area contributed by atoms with Crippen molar-refractivity contribution in [3.05, 3.63) is 71.3 Å². The van der Waals surface area contributed by atoms with E-state index in [0.717, 1.165) is 77.2 Å². The number of anilines is 2. The normalized spacial score (nSPS) is 10.8. The van der Waals surface area contributed by atoms with Gasteiger partial charge >= 0.3 is 0 Å². The molecule has 0 atom stereocenters. The summed E-state index contributed by atoms with van der Waals surface area (Å²) in [4.78, 5) is 4.54. The highest BCUT2D eigenvalue weighted by Crippen LogP contribution is 2.48. The van der Waals surface area contributed by atoms with Crippen molar-refractivity contribution in [3.8, 4) is 23.0 Å². The van der Waals surface area contributed by atoms with Crippen LogP contribution in [0.4, 0.5) is 11.4 Å². The summed E-state index contributed by atoms with van der Waals surface area (Å²) in [5.41, 5.74) is 5.15. The molecule has 3 rings (SSSR count). The second kappa shape index (κ2) is 13.1. The van der Waals surface area contributed by atoms with Crippen LogP contribution in [0.2, 0.25) is 0 Å². The van der Waals surface area contributed by atoms with Crippen molar-refractivity contribution in [2.75, 3.05) is 64.4 Å². The lowest BCUT2D eigenvalue weighted by Gasteiger charge is -2.29. The van der Waals surface area contributed by atoms with Crippen LogP contribution in [0.25, 0.3) is 0 Å². The monoisotopic (exact) mass is 506 g/mol. The van der Waals surface area contributed by atoms with Crippen molar-refractivity contribution in [2.24, 2.45) is 0 Å². The van der Waals surface area contributed by atoms with Crippen molar-refractivity contribution in [2.45, 2.75) is 33.6 Å². The van der Waals surface area contributed by atoms with Crippen LogP contribution in [-0.4, -0.2) is 54.6 Å². The predicted octanol–water partition coefficient (Wildman–Crippen LogP) is 6.59. The second-order valence-corrected chi connectivity index (χ2v) is 8.72. The van der Waals surface area contributed by atoms with Gasteiger partial charge in [-0.25, -0.2) is 0 Å². The van der Waals surface area contributed by atoms with E-state index in [2.05, 4.69) is 86.0 Å². The zero-order chi connectivity index (χ0) is 26.9. The first-order valence-corrected chi connectivity index (χ1v) is 13.1. The molecule has 0 aliphatic rings. The SMILES string of the molecule is CCN(CC)c1cc(OC)c(C(c2ccccc2)c2cc(OC)c(N(CC)CC)cc2OC)cc1OC. The van der Waals surface area contributed by atoms with Crippen LogP contribution >= 0.6 is 0 Å². The molecule has 0 aliphatic heterocycles. The standard InChI is InChI=1S/C31H42N2O4/c1-9-32(10-2)25-20-27(34-5)23(18-29(25)36-7)31(22-16-14-13-15-17-22)24-19-30(37-8)26(21-28(24)35-6)33(11-3)12-4/h13-21,31H,9-12H2,1-8H3. The number of hydrogen-bond acceptors (Lipinski definition) is 6. The van der Waals surface area contributed by atoms with E-state index in [1.165, 1.54) is 0 Å². The molecule has 0 fully saturated rings. The molecular weight excluding hydrogens is 464 g/mol. The summed E-state index contributed by atoms with van der Waals surface area (Å²) >= 11 is 0. The summed E-state index contributed by atoms with van der Waals surface area (Å²) in [5.74, 6) is 3.04. The molecule has 0 amide bonds. The highest BCUT2D eigenvalue weighted by molar-refractivity contribution is 5.70. The molecule has 0 aromatic heterocycles. The van der Waals surface area contributed by atoms with Gasteiger partial charge in [-0.05, 0) is 45.4 Å². The fourth-order valence-corrected chi connectivity index (χ4v) is 5.06. The van der Waals surface area contributed by atoms with Gasteiger partial charge in [0.25, 0.3) is 0 Å². The lowest BCUT2D eigenvalue weighted by Crippen LogP contribution is -2.23. The Kier molecular flexibility index (Phi) is 9.95. The average molecular weight is 507 g/mol. The zero-order valence-corrected chi connectivity index (χ0v) is 23.6. The Morgan fingerprint density at radius 3 is 1.24 bits per heavy atom. The molecule has 0 spiro atoms. The molecule has 3 aromatic carbocycles. The molecule has 6 heteroatoms. The van der Waals surface area contributed by atoms with Crippen LogP contribution in [0.5, 0.6) is 23.0 Å². The van der Waals surface area contributed by atoms with E-state index in [1.54, 1.807) is 28.4 Å². The largest absolute Gasteiger partial charge is 0.496 e. The van der Waals surface area contributed by atoms with Gasteiger partial charge in [0.05, 0.1) is 39.8 Å². The second-order valence-electron chi connectivity index (χ2n) is 8.72. The minimum Gasteiger partial charge on any atom is -0.496 e. The summed E-state index contributed by atoms with van der Waals surface area (Å²) in [6, 6.07) is 18.8. The molecule has 6 nitrogen and oxygen atoms in total.